The first-order valence-electron chi connectivity index (χ1n) is 5.86. The fourth-order valence-corrected chi connectivity index (χ4v) is 3.52. The van der Waals surface area contributed by atoms with E-state index in [2.05, 4.69) is 28.3 Å². The van der Waals surface area contributed by atoms with Gasteiger partial charge in [-0.1, -0.05) is 6.42 Å². The van der Waals surface area contributed by atoms with Crippen molar-refractivity contribution >= 4 is 11.8 Å². The van der Waals surface area contributed by atoms with Gasteiger partial charge in [-0.3, -0.25) is 4.68 Å². The molecule has 1 heterocycles. The molecule has 4 nitrogen and oxygen atoms in total. The minimum absolute atomic E-state index is 0.749. The first-order chi connectivity index (χ1) is 7.81. The molecule has 1 aromatic rings. The van der Waals surface area contributed by atoms with Gasteiger partial charge in [0.25, 0.3) is 0 Å². The van der Waals surface area contributed by atoms with Gasteiger partial charge in [0.2, 0.25) is 0 Å². The predicted molar refractivity (Wildman–Crippen MR) is 67.6 cm³/mol. The summed E-state index contributed by atoms with van der Waals surface area (Å²) in [7, 11) is 2.23. The molecule has 0 N–H and O–H groups in total. The second-order valence-electron chi connectivity index (χ2n) is 4.41. The maximum Gasteiger partial charge on any atom is 0.137 e. The number of likely N-dealkylation sites (N-methyl/N-ethyl adjacent to an activating group) is 1. The second kappa shape index (κ2) is 5.68. The molecule has 1 aliphatic carbocycles. The summed E-state index contributed by atoms with van der Waals surface area (Å²) in [6.07, 6.45) is 9.71. The van der Waals surface area contributed by atoms with E-state index in [1.54, 1.807) is 12.7 Å². The van der Waals surface area contributed by atoms with Crippen LogP contribution in [0, 0.1) is 0 Å². The van der Waals surface area contributed by atoms with Crippen LogP contribution in [0.25, 0.3) is 0 Å². The molecule has 2 atom stereocenters. The maximum atomic E-state index is 4.13. The van der Waals surface area contributed by atoms with Gasteiger partial charge in [-0.15, -0.1) is 0 Å². The summed E-state index contributed by atoms with van der Waals surface area (Å²) in [5.74, 6) is 0. The van der Waals surface area contributed by atoms with Crippen molar-refractivity contribution in [2.75, 3.05) is 19.8 Å². The topological polar surface area (TPSA) is 34.0 Å². The van der Waals surface area contributed by atoms with Crippen LogP contribution in [-0.2, 0) is 6.54 Å². The first-order valence-corrected chi connectivity index (χ1v) is 7.15. The molecule has 0 unspecified atom stereocenters. The molecule has 0 spiro atoms. The third-order valence-electron chi connectivity index (χ3n) is 3.43. The quantitative estimate of drug-likeness (QED) is 0.781. The van der Waals surface area contributed by atoms with E-state index in [1.807, 2.05) is 16.4 Å². The van der Waals surface area contributed by atoms with Gasteiger partial charge in [0.05, 0.1) is 6.54 Å². The smallest absolute Gasteiger partial charge is 0.137 e. The van der Waals surface area contributed by atoms with Gasteiger partial charge in [-0.25, -0.2) is 4.98 Å². The van der Waals surface area contributed by atoms with E-state index in [4.69, 9.17) is 0 Å². The molecular weight excluding hydrogens is 220 g/mol. The maximum absolute atomic E-state index is 4.13. The summed E-state index contributed by atoms with van der Waals surface area (Å²) in [4.78, 5) is 6.44. The number of rotatable bonds is 5. The highest BCUT2D eigenvalue weighted by atomic mass is 32.2. The normalized spacial score (nSPS) is 25.4. The van der Waals surface area contributed by atoms with E-state index >= 15 is 0 Å². The van der Waals surface area contributed by atoms with Crippen LogP contribution in [0.2, 0.25) is 0 Å². The fourth-order valence-electron chi connectivity index (χ4n) is 2.46. The van der Waals surface area contributed by atoms with Gasteiger partial charge in [-0.2, -0.15) is 16.9 Å². The van der Waals surface area contributed by atoms with E-state index in [-0.39, 0.29) is 0 Å². The van der Waals surface area contributed by atoms with Crippen LogP contribution >= 0.6 is 11.8 Å². The molecule has 0 radical (unpaired) electrons. The van der Waals surface area contributed by atoms with Crippen molar-refractivity contribution in [3.05, 3.63) is 12.7 Å². The number of thioether (sulfide) groups is 1. The fraction of sp³-hybridized carbons (Fsp3) is 0.818. The summed E-state index contributed by atoms with van der Waals surface area (Å²) in [6, 6.07) is 0.749. The number of aromatic nitrogens is 3. The van der Waals surface area contributed by atoms with Crippen LogP contribution in [0.3, 0.4) is 0 Å². The standard InChI is InChI=1S/C11H20N4S/c1-14(6-7-15-9-12-8-13-15)10-4-3-5-11(10)16-2/h8-11H,3-7H2,1-2H3/t10-,11+/m1/s1. The van der Waals surface area contributed by atoms with Gasteiger partial charge in [0.1, 0.15) is 12.7 Å². The van der Waals surface area contributed by atoms with E-state index in [0.717, 1.165) is 24.4 Å². The van der Waals surface area contributed by atoms with Crippen molar-refractivity contribution in [1.82, 2.24) is 19.7 Å². The summed E-state index contributed by atoms with van der Waals surface area (Å²) in [6.45, 7) is 2.00. The Bertz CT molecular complexity index is 301. The molecule has 0 aliphatic heterocycles. The van der Waals surface area contributed by atoms with E-state index in [1.165, 1.54) is 19.3 Å². The Balaban J connectivity index is 1.81. The molecule has 16 heavy (non-hydrogen) atoms. The van der Waals surface area contributed by atoms with Crippen molar-refractivity contribution in [2.45, 2.75) is 37.1 Å². The van der Waals surface area contributed by atoms with Crippen LogP contribution in [0.1, 0.15) is 19.3 Å². The lowest BCUT2D eigenvalue weighted by molar-refractivity contribution is 0.237. The van der Waals surface area contributed by atoms with E-state index in [9.17, 15) is 0 Å². The van der Waals surface area contributed by atoms with E-state index in [0.29, 0.717) is 0 Å². The predicted octanol–water partition coefficient (Wildman–Crippen LogP) is 1.49. The zero-order chi connectivity index (χ0) is 11.4. The Morgan fingerprint density at radius 3 is 3.06 bits per heavy atom. The van der Waals surface area contributed by atoms with Crippen LogP contribution in [0.5, 0.6) is 0 Å². The Morgan fingerprint density at radius 1 is 1.50 bits per heavy atom. The average Bonchev–Trinajstić information content (AvgIpc) is 2.96. The first kappa shape index (κ1) is 11.9. The van der Waals surface area contributed by atoms with Crippen molar-refractivity contribution in [3.63, 3.8) is 0 Å². The third kappa shape index (κ3) is 2.77. The SMILES string of the molecule is CS[C@H]1CCC[C@H]1N(C)CCn1cncn1. The van der Waals surface area contributed by atoms with Gasteiger partial charge in [-0.05, 0) is 26.1 Å². The molecule has 0 aromatic carbocycles. The lowest BCUT2D eigenvalue weighted by atomic mass is 10.2. The van der Waals surface area contributed by atoms with Crippen LogP contribution in [0.4, 0.5) is 0 Å². The Kier molecular flexibility index (Phi) is 4.23. The van der Waals surface area contributed by atoms with Crippen molar-refractivity contribution in [2.24, 2.45) is 0 Å². The number of hydrogen-bond donors (Lipinski definition) is 0. The monoisotopic (exact) mass is 240 g/mol. The highest BCUT2D eigenvalue weighted by molar-refractivity contribution is 7.99. The zero-order valence-electron chi connectivity index (χ0n) is 10.0. The molecule has 0 saturated heterocycles. The molecule has 0 amide bonds. The molecule has 5 heteroatoms. The third-order valence-corrected chi connectivity index (χ3v) is 4.59. The lowest BCUT2D eigenvalue weighted by Gasteiger charge is -2.28. The Labute approximate surface area is 101 Å². The molecule has 2 rings (SSSR count). The average molecular weight is 240 g/mol. The van der Waals surface area contributed by atoms with Gasteiger partial charge in [0, 0.05) is 17.8 Å². The molecule has 90 valence electrons. The minimum atomic E-state index is 0.749. The highest BCUT2D eigenvalue weighted by Gasteiger charge is 2.29. The number of hydrogen-bond acceptors (Lipinski definition) is 4. The number of nitrogens with zero attached hydrogens (tertiary/aromatic N) is 4. The largest absolute Gasteiger partial charge is 0.300 e. The summed E-state index contributed by atoms with van der Waals surface area (Å²) in [5, 5.41) is 4.95. The molecular formula is C11H20N4S. The molecule has 1 aliphatic rings. The summed E-state index contributed by atoms with van der Waals surface area (Å²) < 4.78 is 1.90. The van der Waals surface area contributed by atoms with Crippen LogP contribution in [0.15, 0.2) is 12.7 Å². The van der Waals surface area contributed by atoms with Crippen molar-refractivity contribution in [3.8, 4) is 0 Å². The van der Waals surface area contributed by atoms with Crippen LogP contribution in [-0.4, -0.2) is 50.8 Å². The lowest BCUT2D eigenvalue weighted by Crippen LogP contribution is -2.38. The van der Waals surface area contributed by atoms with Gasteiger partial charge >= 0.3 is 0 Å². The second-order valence-corrected chi connectivity index (χ2v) is 5.49. The summed E-state index contributed by atoms with van der Waals surface area (Å²) in [5.41, 5.74) is 0. The van der Waals surface area contributed by atoms with Crippen molar-refractivity contribution in [1.29, 1.82) is 0 Å². The zero-order valence-corrected chi connectivity index (χ0v) is 10.9. The van der Waals surface area contributed by atoms with Crippen molar-refractivity contribution < 1.29 is 0 Å². The molecule has 1 aromatic heterocycles. The van der Waals surface area contributed by atoms with Gasteiger partial charge in [0.15, 0.2) is 0 Å². The highest BCUT2D eigenvalue weighted by Crippen LogP contribution is 2.31. The Hall–Kier alpha value is -0.550. The summed E-state index contributed by atoms with van der Waals surface area (Å²) >= 11 is 2.02. The Morgan fingerprint density at radius 2 is 2.38 bits per heavy atom. The molecule has 1 saturated carbocycles. The van der Waals surface area contributed by atoms with Crippen LogP contribution < -0.4 is 0 Å². The van der Waals surface area contributed by atoms with Gasteiger partial charge < -0.3 is 4.90 Å². The molecule has 1 fully saturated rings. The van der Waals surface area contributed by atoms with E-state index < -0.39 is 0 Å². The minimum Gasteiger partial charge on any atom is -0.300 e. The molecule has 0 bridgehead atoms.